The molecule has 8 nitrogen and oxygen atoms in total. The monoisotopic (exact) mass is 257 g/mol. The number of amides is 1. The second-order valence-electron chi connectivity index (χ2n) is 4.11. The lowest BCUT2D eigenvalue weighted by molar-refractivity contribution is 0.102. The lowest BCUT2D eigenvalue weighted by Gasteiger charge is -2.07. The third-order valence-corrected chi connectivity index (χ3v) is 2.86. The molecule has 0 bridgehead atoms. The number of aromatic nitrogens is 6. The maximum atomic E-state index is 12.2. The van der Waals surface area contributed by atoms with Crippen LogP contribution >= 0.6 is 0 Å². The number of carbonyl (C=O) groups excluding carboxylic acids is 1. The topological polar surface area (TPSA) is 101 Å². The summed E-state index contributed by atoms with van der Waals surface area (Å²) >= 11 is 0. The molecule has 0 fully saturated rings. The van der Waals surface area contributed by atoms with Crippen molar-refractivity contribution in [3.05, 3.63) is 35.5 Å². The quantitative estimate of drug-likeness (QED) is 0.704. The van der Waals surface area contributed by atoms with Crippen LogP contribution in [0, 0.1) is 13.8 Å². The standard InChI is InChI=1S/C11H11N7O/c1-6-3-14-17-9(6)16-10(19)8-4-12-11-13-5-15-18(11)7(8)2/h3-5H,1-2H3,(H2,14,16,17,19). The number of hydrogen-bond donors (Lipinski definition) is 2. The Morgan fingerprint density at radius 1 is 1.32 bits per heavy atom. The molecule has 19 heavy (non-hydrogen) atoms. The number of fused-ring (bicyclic) bond motifs is 1. The van der Waals surface area contributed by atoms with E-state index in [-0.39, 0.29) is 5.91 Å². The molecule has 2 N–H and O–H groups in total. The van der Waals surface area contributed by atoms with Gasteiger partial charge in [0.25, 0.3) is 11.7 Å². The summed E-state index contributed by atoms with van der Waals surface area (Å²) in [6, 6.07) is 0. The van der Waals surface area contributed by atoms with E-state index in [1.165, 1.54) is 17.0 Å². The summed E-state index contributed by atoms with van der Waals surface area (Å²) in [5, 5.41) is 13.3. The zero-order valence-electron chi connectivity index (χ0n) is 10.4. The molecular weight excluding hydrogens is 246 g/mol. The number of H-pyrrole nitrogens is 1. The highest BCUT2D eigenvalue weighted by molar-refractivity contribution is 6.04. The number of anilines is 1. The van der Waals surface area contributed by atoms with Crippen molar-refractivity contribution in [2.45, 2.75) is 13.8 Å². The molecule has 0 aromatic carbocycles. The van der Waals surface area contributed by atoms with E-state index in [2.05, 4.69) is 30.6 Å². The zero-order valence-corrected chi connectivity index (χ0v) is 10.4. The minimum absolute atomic E-state index is 0.269. The van der Waals surface area contributed by atoms with Crippen molar-refractivity contribution in [2.75, 3.05) is 5.32 Å². The average Bonchev–Trinajstić information content (AvgIpc) is 3.00. The van der Waals surface area contributed by atoms with Crippen LogP contribution in [0.5, 0.6) is 0 Å². The molecule has 0 atom stereocenters. The number of nitrogens with one attached hydrogen (secondary N) is 2. The van der Waals surface area contributed by atoms with Gasteiger partial charge in [-0.1, -0.05) is 0 Å². The van der Waals surface area contributed by atoms with Crippen LogP contribution in [0.3, 0.4) is 0 Å². The summed E-state index contributed by atoms with van der Waals surface area (Å²) in [5.74, 6) is 0.768. The molecule has 0 aliphatic carbocycles. The van der Waals surface area contributed by atoms with Crippen molar-refractivity contribution in [2.24, 2.45) is 0 Å². The third kappa shape index (κ3) is 1.82. The summed E-state index contributed by atoms with van der Waals surface area (Å²) in [6.45, 7) is 3.64. The maximum Gasteiger partial charge on any atom is 0.260 e. The largest absolute Gasteiger partial charge is 0.307 e. The van der Waals surface area contributed by atoms with Crippen molar-refractivity contribution in [3.8, 4) is 0 Å². The van der Waals surface area contributed by atoms with E-state index >= 15 is 0 Å². The van der Waals surface area contributed by atoms with Crippen LogP contribution in [-0.4, -0.2) is 35.7 Å². The van der Waals surface area contributed by atoms with E-state index < -0.39 is 0 Å². The van der Waals surface area contributed by atoms with E-state index in [0.29, 0.717) is 22.9 Å². The minimum Gasteiger partial charge on any atom is -0.307 e. The molecular formula is C11H11N7O. The van der Waals surface area contributed by atoms with Gasteiger partial charge in [-0.3, -0.25) is 9.89 Å². The molecule has 1 amide bonds. The first-order valence-corrected chi connectivity index (χ1v) is 5.63. The molecule has 8 heteroatoms. The van der Waals surface area contributed by atoms with E-state index in [9.17, 15) is 4.79 Å². The smallest absolute Gasteiger partial charge is 0.260 e. The highest BCUT2D eigenvalue weighted by Crippen LogP contribution is 2.13. The summed E-state index contributed by atoms with van der Waals surface area (Å²) in [5.41, 5.74) is 1.98. The maximum absolute atomic E-state index is 12.2. The first-order valence-electron chi connectivity index (χ1n) is 5.63. The van der Waals surface area contributed by atoms with E-state index in [1.807, 2.05) is 6.92 Å². The van der Waals surface area contributed by atoms with Crippen molar-refractivity contribution in [1.82, 2.24) is 29.8 Å². The number of hydrogen-bond acceptors (Lipinski definition) is 5. The molecule has 0 aliphatic rings. The number of rotatable bonds is 2. The Balaban J connectivity index is 1.97. The lowest BCUT2D eigenvalue weighted by Crippen LogP contribution is -2.16. The van der Waals surface area contributed by atoms with Gasteiger partial charge < -0.3 is 5.32 Å². The first kappa shape index (κ1) is 11.3. The Hall–Kier alpha value is -2.77. The van der Waals surface area contributed by atoms with Gasteiger partial charge in [-0.2, -0.15) is 15.2 Å². The first-order chi connectivity index (χ1) is 9.16. The second-order valence-corrected chi connectivity index (χ2v) is 4.11. The molecule has 0 radical (unpaired) electrons. The molecule has 0 saturated heterocycles. The predicted molar refractivity (Wildman–Crippen MR) is 66.8 cm³/mol. The minimum atomic E-state index is -0.269. The molecule has 3 rings (SSSR count). The van der Waals surface area contributed by atoms with E-state index in [1.54, 1.807) is 13.1 Å². The van der Waals surface area contributed by atoms with Crippen LogP contribution in [0.15, 0.2) is 18.7 Å². The van der Waals surface area contributed by atoms with Crippen LogP contribution in [0.4, 0.5) is 5.82 Å². The molecule has 0 aliphatic heterocycles. The normalized spacial score (nSPS) is 10.8. The zero-order chi connectivity index (χ0) is 13.4. The fourth-order valence-corrected chi connectivity index (χ4v) is 1.77. The third-order valence-electron chi connectivity index (χ3n) is 2.86. The highest BCUT2D eigenvalue weighted by atomic mass is 16.1. The SMILES string of the molecule is Cc1cn[nH]c1NC(=O)c1cnc2ncnn2c1C. The second kappa shape index (κ2) is 4.16. The predicted octanol–water partition coefficient (Wildman–Crippen LogP) is 0.717. The van der Waals surface area contributed by atoms with Gasteiger partial charge in [0.05, 0.1) is 17.5 Å². The Bertz CT molecular complexity index is 757. The van der Waals surface area contributed by atoms with Crippen molar-refractivity contribution in [3.63, 3.8) is 0 Å². The molecule has 3 aromatic heterocycles. The number of carbonyl (C=O) groups is 1. The number of aryl methyl sites for hydroxylation is 2. The van der Waals surface area contributed by atoms with E-state index in [4.69, 9.17) is 0 Å². The molecule has 0 unspecified atom stereocenters. The van der Waals surface area contributed by atoms with Crippen molar-refractivity contribution < 1.29 is 4.79 Å². The summed E-state index contributed by atoms with van der Waals surface area (Å²) in [7, 11) is 0. The van der Waals surface area contributed by atoms with Gasteiger partial charge in [0.2, 0.25) is 0 Å². The highest BCUT2D eigenvalue weighted by Gasteiger charge is 2.15. The van der Waals surface area contributed by atoms with Crippen LogP contribution in [0.25, 0.3) is 5.78 Å². The fourth-order valence-electron chi connectivity index (χ4n) is 1.77. The summed E-state index contributed by atoms with van der Waals surface area (Å²) in [4.78, 5) is 20.2. The van der Waals surface area contributed by atoms with Crippen LogP contribution in [0.2, 0.25) is 0 Å². The van der Waals surface area contributed by atoms with Crippen LogP contribution < -0.4 is 5.32 Å². The Morgan fingerprint density at radius 2 is 2.16 bits per heavy atom. The molecule has 96 valence electrons. The van der Waals surface area contributed by atoms with Gasteiger partial charge in [0, 0.05) is 11.8 Å². The van der Waals surface area contributed by atoms with Crippen LogP contribution in [-0.2, 0) is 0 Å². The van der Waals surface area contributed by atoms with Gasteiger partial charge in [0.15, 0.2) is 0 Å². The number of nitrogens with zero attached hydrogens (tertiary/aromatic N) is 5. The number of aromatic amines is 1. The van der Waals surface area contributed by atoms with Gasteiger partial charge in [-0.25, -0.2) is 9.50 Å². The molecule has 0 saturated carbocycles. The molecule has 3 aromatic rings. The summed E-state index contributed by atoms with van der Waals surface area (Å²) < 4.78 is 1.52. The van der Waals surface area contributed by atoms with Crippen molar-refractivity contribution >= 4 is 17.5 Å². The van der Waals surface area contributed by atoms with Gasteiger partial charge in [-0.15, -0.1) is 0 Å². The van der Waals surface area contributed by atoms with Crippen LogP contribution in [0.1, 0.15) is 21.6 Å². The molecule has 0 spiro atoms. The Morgan fingerprint density at radius 3 is 2.89 bits per heavy atom. The molecule has 3 heterocycles. The van der Waals surface area contributed by atoms with Gasteiger partial charge in [-0.05, 0) is 13.8 Å². The fraction of sp³-hybridized carbons (Fsp3) is 0.182. The lowest BCUT2D eigenvalue weighted by atomic mass is 10.2. The Kier molecular flexibility index (Phi) is 2.48. The Labute approximate surface area is 107 Å². The van der Waals surface area contributed by atoms with E-state index in [0.717, 1.165) is 5.56 Å². The average molecular weight is 257 g/mol. The summed E-state index contributed by atoms with van der Waals surface area (Å²) in [6.07, 6.45) is 4.53. The van der Waals surface area contributed by atoms with Crippen molar-refractivity contribution in [1.29, 1.82) is 0 Å². The van der Waals surface area contributed by atoms with Gasteiger partial charge >= 0.3 is 0 Å². The van der Waals surface area contributed by atoms with Gasteiger partial charge in [0.1, 0.15) is 12.1 Å².